The Morgan fingerprint density at radius 3 is 2.72 bits per heavy atom. The van der Waals surface area contributed by atoms with E-state index in [0.717, 1.165) is 43.5 Å². The fraction of sp³-hybridized carbons (Fsp3) is 0.478. The predicted octanol–water partition coefficient (Wildman–Crippen LogP) is 4.49. The molecule has 0 unspecified atom stereocenters. The molecule has 1 saturated heterocycles. The molecule has 1 aliphatic rings. The molecule has 0 bridgehead atoms. The highest BCUT2D eigenvalue weighted by atomic mass is 32.1. The molecule has 1 aliphatic heterocycles. The maximum atomic E-state index is 12.9. The zero-order valence-electron chi connectivity index (χ0n) is 17.1. The number of likely N-dealkylation sites (tertiary alicyclic amines) is 1. The van der Waals surface area contributed by atoms with Gasteiger partial charge in [0.1, 0.15) is 12.4 Å². The van der Waals surface area contributed by atoms with Crippen LogP contribution < -0.4 is 10.1 Å². The molecule has 2 amide bonds. The van der Waals surface area contributed by atoms with Crippen molar-refractivity contribution >= 4 is 23.2 Å². The van der Waals surface area contributed by atoms with E-state index in [2.05, 4.69) is 12.2 Å². The summed E-state index contributed by atoms with van der Waals surface area (Å²) in [4.78, 5) is 28.2. The summed E-state index contributed by atoms with van der Waals surface area (Å²) in [6.07, 6.45) is 4.77. The molecule has 156 valence electrons. The summed E-state index contributed by atoms with van der Waals surface area (Å²) in [5, 5.41) is 5.06. The van der Waals surface area contributed by atoms with Crippen molar-refractivity contribution in [2.45, 2.75) is 45.6 Å². The lowest BCUT2D eigenvalue weighted by atomic mass is 9.95. The Bertz CT molecular complexity index is 783. The van der Waals surface area contributed by atoms with Gasteiger partial charge in [-0.05, 0) is 48.9 Å². The average molecular weight is 415 g/mol. The number of unbranched alkanes of at least 4 members (excludes halogenated alkanes) is 2. The van der Waals surface area contributed by atoms with E-state index >= 15 is 0 Å². The minimum atomic E-state index is 0.00776. The number of hydrogen-bond donors (Lipinski definition) is 1. The van der Waals surface area contributed by atoms with E-state index in [1.54, 1.807) is 11.3 Å². The van der Waals surface area contributed by atoms with Gasteiger partial charge < -0.3 is 15.0 Å². The maximum absolute atomic E-state index is 12.9. The minimum absolute atomic E-state index is 0.00776. The first-order valence-corrected chi connectivity index (χ1v) is 11.4. The van der Waals surface area contributed by atoms with E-state index in [0.29, 0.717) is 31.0 Å². The molecule has 0 atom stereocenters. The minimum Gasteiger partial charge on any atom is -0.488 e. The number of nitrogens with one attached hydrogen (secondary N) is 1. The highest BCUT2D eigenvalue weighted by molar-refractivity contribution is 7.09. The Morgan fingerprint density at radius 1 is 1.17 bits per heavy atom. The molecule has 0 aliphatic carbocycles. The van der Waals surface area contributed by atoms with Gasteiger partial charge in [0.05, 0.1) is 0 Å². The first-order valence-electron chi connectivity index (χ1n) is 10.5. The monoisotopic (exact) mass is 414 g/mol. The molecule has 0 spiro atoms. The second kappa shape index (κ2) is 11.0. The molecule has 1 aromatic heterocycles. The van der Waals surface area contributed by atoms with Gasteiger partial charge in [0, 0.05) is 36.0 Å². The van der Waals surface area contributed by atoms with Crippen LogP contribution in [0.4, 0.5) is 0 Å². The highest BCUT2D eigenvalue weighted by Crippen LogP contribution is 2.22. The van der Waals surface area contributed by atoms with Crippen LogP contribution >= 0.6 is 11.3 Å². The highest BCUT2D eigenvalue weighted by Gasteiger charge is 2.27. The standard InChI is InChI=1S/C23H30N2O3S/c1-2-3-4-12-24-22(26)18-10-13-25(14-11-18)23(27)19-7-5-8-20(16-19)28-17-21-9-6-15-29-21/h5-9,15-16,18H,2-4,10-14,17H2,1H3,(H,24,26). The molecule has 1 N–H and O–H groups in total. The summed E-state index contributed by atoms with van der Waals surface area (Å²) in [5.41, 5.74) is 0.635. The van der Waals surface area contributed by atoms with Gasteiger partial charge >= 0.3 is 0 Å². The van der Waals surface area contributed by atoms with Crippen molar-refractivity contribution in [3.63, 3.8) is 0 Å². The number of nitrogens with zero attached hydrogens (tertiary/aromatic N) is 1. The van der Waals surface area contributed by atoms with Crippen molar-refractivity contribution in [2.24, 2.45) is 5.92 Å². The van der Waals surface area contributed by atoms with E-state index in [1.807, 2.05) is 46.7 Å². The van der Waals surface area contributed by atoms with Crippen molar-refractivity contribution in [1.82, 2.24) is 10.2 Å². The second-order valence-electron chi connectivity index (χ2n) is 7.46. The van der Waals surface area contributed by atoms with E-state index in [9.17, 15) is 9.59 Å². The van der Waals surface area contributed by atoms with Gasteiger partial charge in [-0.15, -0.1) is 11.3 Å². The number of carbonyl (C=O) groups excluding carboxylic acids is 2. The van der Waals surface area contributed by atoms with Crippen molar-refractivity contribution in [3.8, 4) is 5.75 Å². The van der Waals surface area contributed by atoms with E-state index in [4.69, 9.17) is 4.74 Å². The van der Waals surface area contributed by atoms with Gasteiger partial charge in [0.2, 0.25) is 5.91 Å². The smallest absolute Gasteiger partial charge is 0.253 e. The van der Waals surface area contributed by atoms with Crippen molar-refractivity contribution in [3.05, 3.63) is 52.2 Å². The summed E-state index contributed by atoms with van der Waals surface area (Å²) in [6.45, 7) is 4.65. The summed E-state index contributed by atoms with van der Waals surface area (Å²) < 4.78 is 5.82. The van der Waals surface area contributed by atoms with Crippen molar-refractivity contribution in [1.29, 1.82) is 0 Å². The Balaban J connectivity index is 1.47. The molecular formula is C23H30N2O3S. The van der Waals surface area contributed by atoms with Gasteiger partial charge in [-0.1, -0.05) is 31.9 Å². The molecule has 3 rings (SSSR count). The number of benzene rings is 1. The number of thiophene rings is 1. The molecule has 1 aromatic carbocycles. The van der Waals surface area contributed by atoms with E-state index in [-0.39, 0.29) is 17.7 Å². The van der Waals surface area contributed by atoms with Crippen LogP contribution in [-0.4, -0.2) is 36.3 Å². The van der Waals surface area contributed by atoms with Crippen LogP contribution in [0.5, 0.6) is 5.75 Å². The van der Waals surface area contributed by atoms with Crippen LogP contribution in [0.2, 0.25) is 0 Å². The molecule has 1 fully saturated rings. The molecule has 0 saturated carbocycles. The number of hydrogen-bond acceptors (Lipinski definition) is 4. The Kier molecular flexibility index (Phi) is 8.11. The lowest BCUT2D eigenvalue weighted by molar-refractivity contribution is -0.126. The SMILES string of the molecule is CCCCCNC(=O)C1CCN(C(=O)c2cccc(OCc3cccs3)c2)CC1. The number of amides is 2. The Morgan fingerprint density at radius 2 is 2.00 bits per heavy atom. The van der Waals surface area contributed by atoms with Crippen LogP contribution in [0.1, 0.15) is 54.3 Å². The number of ether oxygens (including phenoxy) is 1. The molecule has 0 radical (unpaired) electrons. The summed E-state index contributed by atoms with van der Waals surface area (Å²) in [7, 11) is 0. The number of carbonyl (C=O) groups is 2. The first kappa shape index (κ1) is 21.4. The Labute approximate surface area is 177 Å². The van der Waals surface area contributed by atoms with E-state index < -0.39 is 0 Å². The summed E-state index contributed by atoms with van der Waals surface area (Å²) >= 11 is 1.65. The van der Waals surface area contributed by atoms with Crippen LogP contribution in [-0.2, 0) is 11.4 Å². The quantitative estimate of drug-likeness (QED) is 0.615. The largest absolute Gasteiger partial charge is 0.488 e. The first-order chi connectivity index (χ1) is 14.2. The van der Waals surface area contributed by atoms with Crippen molar-refractivity contribution in [2.75, 3.05) is 19.6 Å². The number of rotatable bonds is 9. The lowest BCUT2D eigenvalue weighted by Crippen LogP contribution is -2.43. The summed E-state index contributed by atoms with van der Waals surface area (Å²) in [5.74, 6) is 0.859. The topological polar surface area (TPSA) is 58.6 Å². The fourth-order valence-corrected chi connectivity index (χ4v) is 4.14. The molecular weight excluding hydrogens is 384 g/mol. The van der Waals surface area contributed by atoms with Crippen LogP contribution in [0.25, 0.3) is 0 Å². The third-order valence-electron chi connectivity index (χ3n) is 5.27. The summed E-state index contributed by atoms with van der Waals surface area (Å²) in [6, 6.07) is 11.4. The third kappa shape index (κ3) is 6.32. The van der Waals surface area contributed by atoms with Crippen molar-refractivity contribution < 1.29 is 14.3 Å². The molecule has 2 aromatic rings. The zero-order chi connectivity index (χ0) is 20.5. The van der Waals surface area contributed by atoms with Gasteiger partial charge in [-0.25, -0.2) is 0 Å². The fourth-order valence-electron chi connectivity index (χ4n) is 3.53. The molecule has 29 heavy (non-hydrogen) atoms. The third-order valence-corrected chi connectivity index (χ3v) is 6.12. The lowest BCUT2D eigenvalue weighted by Gasteiger charge is -2.31. The van der Waals surface area contributed by atoms with Crippen LogP contribution in [0.3, 0.4) is 0 Å². The molecule has 6 heteroatoms. The van der Waals surface area contributed by atoms with Gasteiger partial charge in [0.25, 0.3) is 5.91 Å². The average Bonchev–Trinajstić information content (AvgIpc) is 3.29. The molecule has 5 nitrogen and oxygen atoms in total. The maximum Gasteiger partial charge on any atom is 0.253 e. The molecule has 2 heterocycles. The Hall–Kier alpha value is -2.34. The second-order valence-corrected chi connectivity index (χ2v) is 8.49. The van der Waals surface area contributed by atoms with Crippen LogP contribution in [0.15, 0.2) is 41.8 Å². The number of piperidine rings is 1. The normalized spacial score (nSPS) is 14.6. The van der Waals surface area contributed by atoms with E-state index in [1.165, 1.54) is 0 Å². The zero-order valence-corrected chi connectivity index (χ0v) is 17.9. The van der Waals surface area contributed by atoms with Gasteiger partial charge in [0.15, 0.2) is 0 Å². The predicted molar refractivity (Wildman–Crippen MR) is 116 cm³/mol. The van der Waals surface area contributed by atoms with Gasteiger partial charge in [-0.2, -0.15) is 0 Å². The van der Waals surface area contributed by atoms with Crippen LogP contribution in [0, 0.1) is 5.92 Å². The van der Waals surface area contributed by atoms with Gasteiger partial charge in [-0.3, -0.25) is 9.59 Å².